The third-order valence-corrected chi connectivity index (χ3v) is 5.47. The molecule has 2 heterocycles. The maximum atomic E-state index is 12.3. The van der Waals surface area contributed by atoms with Crippen molar-refractivity contribution in [3.05, 3.63) is 40.5 Å². The third kappa shape index (κ3) is 5.70. The summed E-state index contributed by atoms with van der Waals surface area (Å²) >= 11 is 5.00. The molecular weight excluding hydrogens is 452 g/mol. The first-order valence-corrected chi connectivity index (χ1v) is 11.3. The van der Waals surface area contributed by atoms with Crippen molar-refractivity contribution in [2.24, 2.45) is 0 Å². The molecule has 7 nitrogen and oxygen atoms in total. The number of nitrogens with one attached hydrogen (secondary N) is 2. The molecule has 0 radical (unpaired) electrons. The molecule has 0 bridgehead atoms. The Bertz CT molecular complexity index is 973. The zero-order valence-electron chi connectivity index (χ0n) is 16.8. The van der Waals surface area contributed by atoms with Gasteiger partial charge in [-0.3, -0.25) is 4.79 Å². The van der Waals surface area contributed by atoms with Gasteiger partial charge in [-0.1, -0.05) is 48.5 Å². The lowest BCUT2D eigenvalue weighted by Gasteiger charge is -2.10. The number of aromatic nitrogens is 4. The molecule has 0 saturated carbocycles. The fourth-order valence-electron chi connectivity index (χ4n) is 2.72. The van der Waals surface area contributed by atoms with Gasteiger partial charge in [0.2, 0.25) is 0 Å². The smallest absolute Gasteiger partial charge is 0.251 e. The summed E-state index contributed by atoms with van der Waals surface area (Å²) in [6.45, 7) is 8.18. The molecule has 2 aromatic heterocycles. The Hall–Kier alpha value is -2.13. The van der Waals surface area contributed by atoms with Crippen LogP contribution in [0, 0.1) is 0 Å². The van der Waals surface area contributed by atoms with E-state index in [-0.39, 0.29) is 5.91 Å². The Morgan fingerprint density at radius 2 is 1.97 bits per heavy atom. The van der Waals surface area contributed by atoms with Crippen molar-refractivity contribution in [2.75, 3.05) is 18.4 Å². The fraction of sp³-hybridized carbons (Fsp3) is 0.400. The van der Waals surface area contributed by atoms with Crippen LogP contribution in [0.25, 0.3) is 11.0 Å². The van der Waals surface area contributed by atoms with Crippen LogP contribution in [0.15, 0.2) is 40.1 Å². The van der Waals surface area contributed by atoms with Gasteiger partial charge in [-0.15, -0.1) is 0 Å². The van der Waals surface area contributed by atoms with Gasteiger partial charge >= 0.3 is 0 Å². The number of hydrogen-bond donors (Lipinski definition) is 2. The highest BCUT2D eigenvalue weighted by Crippen LogP contribution is 2.26. The van der Waals surface area contributed by atoms with Gasteiger partial charge in [0, 0.05) is 28.4 Å². The van der Waals surface area contributed by atoms with E-state index in [2.05, 4.69) is 57.4 Å². The van der Waals surface area contributed by atoms with E-state index in [0.717, 1.165) is 39.4 Å². The minimum absolute atomic E-state index is 0.107. The zero-order chi connectivity index (χ0) is 20.8. The molecule has 0 aliphatic heterocycles. The molecule has 0 saturated heterocycles. The minimum atomic E-state index is -0.107. The molecular formula is C20H25BrN6OS. The van der Waals surface area contributed by atoms with E-state index in [1.165, 1.54) is 0 Å². The number of fused-ring (bicyclic) bond motifs is 1. The molecule has 0 spiro atoms. The molecule has 0 aliphatic rings. The van der Waals surface area contributed by atoms with Crippen molar-refractivity contribution in [1.29, 1.82) is 0 Å². The van der Waals surface area contributed by atoms with E-state index < -0.39 is 0 Å². The summed E-state index contributed by atoms with van der Waals surface area (Å²) in [5.74, 6) is 0.704. The average Bonchev–Trinajstić information content (AvgIpc) is 3.09. The summed E-state index contributed by atoms with van der Waals surface area (Å²) in [5.41, 5.74) is 1.40. The first kappa shape index (κ1) is 21.6. The number of amides is 1. The van der Waals surface area contributed by atoms with Crippen molar-refractivity contribution in [1.82, 2.24) is 25.1 Å². The monoisotopic (exact) mass is 476 g/mol. The van der Waals surface area contributed by atoms with E-state index in [4.69, 9.17) is 4.98 Å². The first-order chi connectivity index (χ1) is 14.0. The molecule has 9 heteroatoms. The summed E-state index contributed by atoms with van der Waals surface area (Å²) < 4.78 is 2.76. The average molecular weight is 477 g/mol. The van der Waals surface area contributed by atoms with Gasteiger partial charge in [0.05, 0.1) is 18.1 Å². The molecule has 2 N–H and O–H groups in total. The highest BCUT2D eigenvalue weighted by atomic mass is 79.9. The maximum Gasteiger partial charge on any atom is 0.251 e. The van der Waals surface area contributed by atoms with E-state index in [1.807, 2.05) is 16.8 Å². The van der Waals surface area contributed by atoms with E-state index in [9.17, 15) is 4.79 Å². The molecule has 154 valence electrons. The number of carbonyl (C=O) groups is 1. The highest BCUT2D eigenvalue weighted by Gasteiger charge is 2.14. The number of benzene rings is 1. The number of rotatable bonds is 9. The second-order valence-corrected chi connectivity index (χ2v) is 9.28. The van der Waals surface area contributed by atoms with Crippen molar-refractivity contribution < 1.29 is 4.79 Å². The van der Waals surface area contributed by atoms with Crippen LogP contribution in [0.4, 0.5) is 5.82 Å². The maximum absolute atomic E-state index is 12.3. The molecule has 29 heavy (non-hydrogen) atoms. The summed E-state index contributed by atoms with van der Waals surface area (Å²) in [6.07, 6.45) is 2.79. The lowest BCUT2D eigenvalue weighted by atomic mass is 10.2. The van der Waals surface area contributed by atoms with Gasteiger partial charge < -0.3 is 10.6 Å². The molecule has 0 aliphatic carbocycles. The van der Waals surface area contributed by atoms with Crippen molar-refractivity contribution in [2.45, 2.75) is 44.1 Å². The lowest BCUT2D eigenvalue weighted by Crippen LogP contribution is -2.27. The molecule has 3 aromatic rings. The number of halogens is 1. The number of thioether (sulfide) groups is 1. The standard InChI is InChI=1S/C20H25BrN6OS/c1-4-9-22-17-16-12-24-27(18(16)26-20(25-17)29-13(2)3)11-10-23-19(28)14-5-7-15(21)8-6-14/h5-8,12-13H,4,9-11H2,1-3H3,(H,23,28)(H,22,25,26). The zero-order valence-corrected chi connectivity index (χ0v) is 19.2. The Labute approximate surface area is 183 Å². The SMILES string of the molecule is CCCNc1nc(SC(C)C)nc2c1cnn2CCNC(=O)c1ccc(Br)cc1. The second-order valence-electron chi connectivity index (χ2n) is 6.82. The lowest BCUT2D eigenvalue weighted by molar-refractivity contribution is 0.0952. The first-order valence-electron chi connectivity index (χ1n) is 9.65. The third-order valence-electron chi connectivity index (χ3n) is 4.07. The highest BCUT2D eigenvalue weighted by molar-refractivity contribution is 9.10. The van der Waals surface area contributed by atoms with Gasteiger partial charge in [0.25, 0.3) is 5.91 Å². The molecule has 0 unspecified atom stereocenters. The van der Waals surface area contributed by atoms with Gasteiger partial charge in [-0.2, -0.15) is 5.10 Å². The van der Waals surface area contributed by atoms with Crippen LogP contribution < -0.4 is 10.6 Å². The quantitative estimate of drug-likeness (QED) is 0.352. The molecule has 1 aromatic carbocycles. The van der Waals surface area contributed by atoms with Crippen LogP contribution in [-0.4, -0.2) is 44.0 Å². The molecule has 3 rings (SSSR count). The largest absolute Gasteiger partial charge is 0.369 e. The van der Waals surface area contributed by atoms with Crippen LogP contribution in [0.3, 0.4) is 0 Å². The normalized spacial score (nSPS) is 11.2. The number of carbonyl (C=O) groups excluding carboxylic acids is 1. The predicted octanol–water partition coefficient (Wildman–Crippen LogP) is 4.34. The van der Waals surface area contributed by atoms with E-state index in [1.54, 1.807) is 30.1 Å². The van der Waals surface area contributed by atoms with Crippen molar-refractivity contribution in [3.63, 3.8) is 0 Å². The number of anilines is 1. The Kier molecular flexibility index (Phi) is 7.49. The van der Waals surface area contributed by atoms with Crippen molar-refractivity contribution in [3.8, 4) is 0 Å². The molecule has 0 fully saturated rings. The van der Waals surface area contributed by atoms with Gasteiger partial charge in [-0.25, -0.2) is 14.6 Å². The Morgan fingerprint density at radius 3 is 2.66 bits per heavy atom. The van der Waals surface area contributed by atoms with Crippen LogP contribution in [-0.2, 0) is 6.54 Å². The molecule has 0 atom stereocenters. The van der Waals surface area contributed by atoms with Gasteiger partial charge in [-0.05, 0) is 30.7 Å². The summed E-state index contributed by atoms with van der Waals surface area (Å²) in [5, 5.41) is 12.8. The minimum Gasteiger partial charge on any atom is -0.369 e. The van der Waals surface area contributed by atoms with Crippen LogP contribution >= 0.6 is 27.7 Å². The van der Waals surface area contributed by atoms with E-state index in [0.29, 0.717) is 23.9 Å². The fourth-order valence-corrected chi connectivity index (χ4v) is 3.69. The van der Waals surface area contributed by atoms with Crippen LogP contribution in [0.1, 0.15) is 37.6 Å². The summed E-state index contributed by atoms with van der Waals surface area (Å²) in [7, 11) is 0. The predicted molar refractivity (Wildman–Crippen MR) is 122 cm³/mol. The Morgan fingerprint density at radius 1 is 1.21 bits per heavy atom. The van der Waals surface area contributed by atoms with Crippen LogP contribution in [0.5, 0.6) is 0 Å². The van der Waals surface area contributed by atoms with Crippen LogP contribution in [0.2, 0.25) is 0 Å². The van der Waals surface area contributed by atoms with E-state index >= 15 is 0 Å². The Balaban J connectivity index is 1.74. The summed E-state index contributed by atoms with van der Waals surface area (Å²) in [6, 6.07) is 7.28. The van der Waals surface area contributed by atoms with Gasteiger partial charge in [0.1, 0.15) is 5.82 Å². The topological polar surface area (TPSA) is 84.7 Å². The number of nitrogens with zero attached hydrogens (tertiary/aromatic N) is 4. The number of hydrogen-bond acceptors (Lipinski definition) is 6. The summed E-state index contributed by atoms with van der Waals surface area (Å²) in [4.78, 5) is 21.7. The molecule has 1 amide bonds. The second kappa shape index (κ2) is 10.1. The van der Waals surface area contributed by atoms with Gasteiger partial charge in [0.15, 0.2) is 10.8 Å². The van der Waals surface area contributed by atoms with Crippen molar-refractivity contribution >= 4 is 50.5 Å².